The Morgan fingerprint density at radius 1 is 0.533 bits per heavy atom. The summed E-state index contributed by atoms with van der Waals surface area (Å²) in [5, 5.41) is 6.78. The van der Waals surface area contributed by atoms with Crippen LogP contribution in [-0.4, -0.2) is 15.7 Å². The van der Waals surface area contributed by atoms with Gasteiger partial charge in [0.25, 0.3) is 0 Å². The minimum Gasteiger partial charge on any atom is -0.513 e. The minimum absolute atomic E-state index is 0.846. The Hall–Kier alpha value is -3.40. The molecule has 1 atom stereocenters. The SMILES string of the molecule is CO[Si](Oc1cccc2ccccc12)(c1ccccc1)c1cccc2ccccc12. The monoisotopic (exact) mass is 406 g/mol. The van der Waals surface area contributed by atoms with E-state index in [1.54, 1.807) is 7.11 Å². The molecule has 0 spiro atoms. The highest BCUT2D eigenvalue weighted by molar-refractivity contribution is 6.94. The molecular weight excluding hydrogens is 384 g/mol. The molecule has 0 aliphatic heterocycles. The van der Waals surface area contributed by atoms with Gasteiger partial charge in [-0.15, -0.1) is 0 Å². The van der Waals surface area contributed by atoms with Gasteiger partial charge >= 0.3 is 8.56 Å². The second-order valence-corrected chi connectivity index (χ2v) is 10.3. The first-order valence-corrected chi connectivity index (χ1v) is 11.9. The summed E-state index contributed by atoms with van der Waals surface area (Å²) in [5.41, 5.74) is 0. The van der Waals surface area contributed by atoms with Gasteiger partial charge in [-0.25, -0.2) is 0 Å². The summed E-state index contributed by atoms with van der Waals surface area (Å²) in [7, 11) is -1.27. The predicted molar refractivity (Wildman–Crippen MR) is 127 cm³/mol. The van der Waals surface area contributed by atoms with E-state index in [1.165, 1.54) is 5.39 Å². The Kier molecular flexibility index (Phi) is 4.83. The van der Waals surface area contributed by atoms with Gasteiger partial charge in [-0.1, -0.05) is 109 Å². The van der Waals surface area contributed by atoms with Crippen LogP contribution >= 0.6 is 0 Å². The molecule has 0 amide bonds. The van der Waals surface area contributed by atoms with Crippen LogP contribution in [0.4, 0.5) is 0 Å². The first-order valence-electron chi connectivity index (χ1n) is 10.1. The molecule has 1 unspecified atom stereocenters. The van der Waals surface area contributed by atoms with Crippen molar-refractivity contribution in [2.45, 2.75) is 0 Å². The number of rotatable bonds is 5. The molecule has 2 nitrogen and oxygen atoms in total. The lowest BCUT2D eigenvalue weighted by atomic mass is 10.1. The largest absolute Gasteiger partial charge is 0.513 e. The molecule has 0 N–H and O–H groups in total. The minimum atomic E-state index is -3.04. The zero-order valence-corrected chi connectivity index (χ0v) is 17.8. The smallest absolute Gasteiger partial charge is 0.469 e. The van der Waals surface area contributed by atoms with Gasteiger partial charge in [0.15, 0.2) is 0 Å². The van der Waals surface area contributed by atoms with Crippen LogP contribution in [0, 0.1) is 0 Å². The molecule has 0 aliphatic carbocycles. The van der Waals surface area contributed by atoms with Crippen LogP contribution in [0.25, 0.3) is 21.5 Å². The molecule has 0 aromatic heterocycles. The third-order valence-electron chi connectivity index (χ3n) is 5.59. The van der Waals surface area contributed by atoms with Crippen molar-refractivity contribution < 1.29 is 8.85 Å². The Labute approximate surface area is 177 Å². The third kappa shape index (κ3) is 3.09. The maximum Gasteiger partial charge on any atom is 0.469 e. The van der Waals surface area contributed by atoms with Gasteiger partial charge in [-0.3, -0.25) is 0 Å². The number of fused-ring (bicyclic) bond motifs is 2. The van der Waals surface area contributed by atoms with Gasteiger partial charge in [0, 0.05) is 22.9 Å². The summed E-state index contributed by atoms with van der Waals surface area (Å²) >= 11 is 0. The highest BCUT2D eigenvalue weighted by Crippen LogP contribution is 2.28. The standard InChI is InChI=1S/C27H22O2Si/c1-28-30(23-15-3-2-4-16-23,27-20-10-14-22-12-6-8-18-25(22)27)29-26-19-9-13-21-11-5-7-17-24(21)26/h2-20H,1H3. The van der Waals surface area contributed by atoms with Crippen molar-refractivity contribution in [1.29, 1.82) is 0 Å². The molecule has 5 aromatic carbocycles. The van der Waals surface area contributed by atoms with Crippen molar-refractivity contribution in [1.82, 2.24) is 0 Å². The van der Waals surface area contributed by atoms with Gasteiger partial charge in [0.2, 0.25) is 0 Å². The van der Waals surface area contributed by atoms with Crippen LogP contribution in [-0.2, 0) is 4.43 Å². The predicted octanol–water partition coefficient (Wildman–Crippen LogP) is 5.27. The van der Waals surface area contributed by atoms with E-state index in [9.17, 15) is 0 Å². The van der Waals surface area contributed by atoms with E-state index in [-0.39, 0.29) is 0 Å². The average molecular weight is 407 g/mol. The van der Waals surface area contributed by atoms with Crippen molar-refractivity contribution in [2.75, 3.05) is 7.11 Å². The number of hydrogen-bond donors (Lipinski definition) is 0. The van der Waals surface area contributed by atoms with E-state index < -0.39 is 8.56 Å². The van der Waals surface area contributed by atoms with Gasteiger partial charge in [0.05, 0.1) is 0 Å². The molecule has 0 fully saturated rings. The molecule has 146 valence electrons. The molecule has 0 saturated heterocycles. The summed E-state index contributed by atoms with van der Waals surface area (Å²) in [6.45, 7) is 0. The van der Waals surface area contributed by atoms with Crippen LogP contribution < -0.4 is 14.8 Å². The van der Waals surface area contributed by atoms with Crippen molar-refractivity contribution in [3.8, 4) is 5.75 Å². The van der Waals surface area contributed by atoms with E-state index in [2.05, 4.69) is 78.9 Å². The molecule has 0 heterocycles. The van der Waals surface area contributed by atoms with Crippen molar-refractivity contribution in [3.63, 3.8) is 0 Å². The van der Waals surface area contributed by atoms with Crippen LogP contribution in [0.2, 0.25) is 0 Å². The fourth-order valence-corrected chi connectivity index (χ4v) is 7.24. The lowest BCUT2D eigenvalue weighted by Crippen LogP contribution is -2.65. The van der Waals surface area contributed by atoms with Gasteiger partial charge in [0.1, 0.15) is 5.75 Å². The highest BCUT2D eigenvalue weighted by Gasteiger charge is 2.45. The van der Waals surface area contributed by atoms with Crippen molar-refractivity contribution in [2.24, 2.45) is 0 Å². The van der Waals surface area contributed by atoms with E-state index in [4.69, 9.17) is 8.85 Å². The lowest BCUT2D eigenvalue weighted by molar-refractivity contribution is 0.331. The lowest BCUT2D eigenvalue weighted by Gasteiger charge is -2.31. The summed E-state index contributed by atoms with van der Waals surface area (Å²) in [4.78, 5) is 0. The number of benzene rings is 5. The van der Waals surface area contributed by atoms with Crippen LogP contribution in [0.15, 0.2) is 115 Å². The van der Waals surface area contributed by atoms with Gasteiger partial charge < -0.3 is 8.85 Å². The topological polar surface area (TPSA) is 18.5 Å². The third-order valence-corrected chi connectivity index (χ3v) is 8.91. The molecule has 3 heteroatoms. The van der Waals surface area contributed by atoms with Crippen molar-refractivity contribution in [3.05, 3.63) is 115 Å². The maximum atomic E-state index is 6.96. The molecular formula is C27H22O2Si. The van der Waals surface area contributed by atoms with Gasteiger partial charge in [-0.2, -0.15) is 0 Å². The van der Waals surface area contributed by atoms with Crippen molar-refractivity contribution >= 4 is 40.5 Å². The van der Waals surface area contributed by atoms with E-state index in [1.807, 2.05) is 36.4 Å². The zero-order chi connectivity index (χ0) is 20.4. The summed E-state index contributed by atoms with van der Waals surface area (Å²) < 4.78 is 13.3. The first-order chi connectivity index (χ1) is 14.8. The molecule has 5 aromatic rings. The quantitative estimate of drug-likeness (QED) is 0.370. The van der Waals surface area contributed by atoms with E-state index in [0.717, 1.165) is 32.3 Å². The Balaban J connectivity index is 1.79. The van der Waals surface area contributed by atoms with Crippen LogP contribution in [0.1, 0.15) is 0 Å². The summed E-state index contributed by atoms with van der Waals surface area (Å²) in [6.07, 6.45) is 0. The van der Waals surface area contributed by atoms with E-state index in [0.29, 0.717) is 0 Å². The molecule has 0 saturated carbocycles. The second-order valence-electron chi connectivity index (χ2n) is 7.29. The molecule has 0 aliphatic rings. The summed E-state index contributed by atoms with van der Waals surface area (Å²) in [6, 6.07) is 39.7. The Morgan fingerprint density at radius 3 is 1.83 bits per heavy atom. The molecule has 0 bridgehead atoms. The molecule has 30 heavy (non-hydrogen) atoms. The summed E-state index contributed by atoms with van der Waals surface area (Å²) in [5.74, 6) is 0.846. The van der Waals surface area contributed by atoms with Crippen LogP contribution in [0.5, 0.6) is 5.75 Å². The van der Waals surface area contributed by atoms with Crippen LogP contribution in [0.3, 0.4) is 0 Å². The van der Waals surface area contributed by atoms with Gasteiger partial charge in [-0.05, 0) is 22.2 Å². The zero-order valence-electron chi connectivity index (χ0n) is 16.8. The molecule has 5 rings (SSSR count). The highest BCUT2D eigenvalue weighted by atomic mass is 28.4. The molecule has 0 radical (unpaired) electrons. The Morgan fingerprint density at radius 2 is 1.10 bits per heavy atom. The second kappa shape index (κ2) is 7.79. The van der Waals surface area contributed by atoms with E-state index >= 15 is 0 Å². The average Bonchev–Trinajstić information content (AvgIpc) is 2.83. The number of hydrogen-bond acceptors (Lipinski definition) is 2. The first kappa shape index (κ1) is 18.6. The fraction of sp³-hybridized carbons (Fsp3) is 0.0370. The Bertz CT molecular complexity index is 1310. The fourth-order valence-electron chi connectivity index (χ4n) is 4.15. The normalized spacial score (nSPS) is 13.2. The maximum absolute atomic E-state index is 6.96.